The summed E-state index contributed by atoms with van der Waals surface area (Å²) in [6.07, 6.45) is 1.37. The minimum absolute atomic E-state index is 0.0635. The van der Waals surface area contributed by atoms with Gasteiger partial charge >= 0.3 is 12.0 Å². The molecule has 8 heteroatoms. The third kappa shape index (κ3) is 5.09. The SMILES string of the molecule is CC(C)(CNC(=O)NCc1ccc(C(=O)O)nc1)C(N)=O. The highest BCUT2D eigenvalue weighted by atomic mass is 16.4. The van der Waals surface area contributed by atoms with Crippen molar-refractivity contribution in [3.63, 3.8) is 0 Å². The van der Waals surface area contributed by atoms with Crippen molar-refractivity contribution in [1.29, 1.82) is 0 Å². The maximum atomic E-state index is 11.6. The monoisotopic (exact) mass is 294 g/mol. The lowest BCUT2D eigenvalue weighted by Gasteiger charge is -2.20. The van der Waals surface area contributed by atoms with Crippen LogP contribution in [0.3, 0.4) is 0 Å². The second-order valence-corrected chi connectivity index (χ2v) is 5.14. The summed E-state index contributed by atoms with van der Waals surface area (Å²) in [6.45, 7) is 3.56. The Kier molecular flexibility index (Phi) is 5.23. The maximum Gasteiger partial charge on any atom is 0.354 e. The van der Waals surface area contributed by atoms with E-state index in [2.05, 4.69) is 15.6 Å². The van der Waals surface area contributed by atoms with Crippen LogP contribution >= 0.6 is 0 Å². The van der Waals surface area contributed by atoms with Gasteiger partial charge in [-0.15, -0.1) is 0 Å². The van der Waals surface area contributed by atoms with E-state index >= 15 is 0 Å². The number of carbonyl (C=O) groups is 3. The number of nitrogens with two attached hydrogens (primary N) is 1. The number of aromatic nitrogens is 1. The molecule has 0 saturated carbocycles. The van der Waals surface area contributed by atoms with Gasteiger partial charge in [0.2, 0.25) is 5.91 Å². The zero-order valence-corrected chi connectivity index (χ0v) is 11.8. The van der Waals surface area contributed by atoms with E-state index in [1.54, 1.807) is 19.9 Å². The van der Waals surface area contributed by atoms with E-state index in [9.17, 15) is 14.4 Å². The number of urea groups is 1. The molecule has 0 bridgehead atoms. The topological polar surface area (TPSA) is 134 Å². The quantitative estimate of drug-likeness (QED) is 0.590. The molecule has 0 aliphatic heterocycles. The molecule has 1 heterocycles. The number of aromatic carboxylic acids is 1. The van der Waals surface area contributed by atoms with Crippen LogP contribution in [0.4, 0.5) is 4.79 Å². The number of carbonyl (C=O) groups excluding carboxylic acids is 2. The molecule has 8 nitrogen and oxygen atoms in total. The molecule has 21 heavy (non-hydrogen) atoms. The second-order valence-electron chi connectivity index (χ2n) is 5.14. The summed E-state index contributed by atoms with van der Waals surface area (Å²) >= 11 is 0. The first-order valence-corrected chi connectivity index (χ1v) is 6.22. The van der Waals surface area contributed by atoms with Crippen LogP contribution in [0.25, 0.3) is 0 Å². The molecule has 1 aromatic heterocycles. The average Bonchev–Trinajstić information content (AvgIpc) is 2.43. The Hall–Kier alpha value is -2.64. The molecule has 0 aliphatic rings. The van der Waals surface area contributed by atoms with Crippen LogP contribution in [0, 0.1) is 5.41 Å². The van der Waals surface area contributed by atoms with Crippen molar-refractivity contribution in [3.05, 3.63) is 29.6 Å². The first kappa shape index (κ1) is 16.4. The lowest BCUT2D eigenvalue weighted by molar-refractivity contribution is -0.125. The molecule has 114 valence electrons. The van der Waals surface area contributed by atoms with E-state index in [0.717, 1.165) is 0 Å². The highest BCUT2D eigenvalue weighted by molar-refractivity contribution is 5.85. The van der Waals surface area contributed by atoms with E-state index < -0.39 is 23.3 Å². The predicted molar refractivity (Wildman–Crippen MR) is 74.4 cm³/mol. The van der Waals surface area contributed by atoms with Gasteiger partial charge in [0.1, 0.15) is 5.69 Å². The highest BCUT2D eigenvalue weighted by Gasteiger charge is 2.25. The fourth-order valence-corrected chi connectivity index (χ4v) is 1.29. The fraction of sp³-hybridized carbons (Fsp3) is 0.385. The Morgan fingerprint density at radius 3 is 2.43 bits per heavy atom. The van der Waals surface area contributed by atoms with Crippen molar-refractivity contribution >= 4 is 17.9 Å². The van der Waals surface area contributed by atoms with Crippen molar-refractivity contribution in [2.45, 2.75) is 20.4 Å². The average molecular weight is 294 g/mol. The summed E-state index contributed by atoms with van der Waals surface area (Å²) in [5.41, 5.74) is 4.96. The number of carboxylic acids is 1. The Morgan fingerprint density at radius 1 is 1.29 bits per heavy atom. The third-order valence-corrected chi connectivity index (χ3v) is 2.85. The van der Waals surface area contributed by atoms with Gasteiger partial charge in [0.25, 0.3) is 0 Å². The molecule has 0 atom stereocenters. The third-order valence-electron chi connectivity index (χ3n) is 2.85. The van der Waals surface area contributed by atoms with Crippen molar-refractivity contribution < 1.29 is 19.5 Å². The number of carboxylic acid groups (broad SMARTS) is 1. The first-order chi connectivity index (χ1) is 9.72. The molecule has 0 saturated heterocycles. The van der Waals surface area contributed by atoms with E-state index in [4.69, 9.17) is 10.8 Å². The molecule has 0 fully saturated rings. The number of nitrogens with one attached hydrogen (secondary N) is 2. The fourth-order valence-electron chi connectivity index (χ4n) is 1.29. The molecule has 0 spiro atoms. The number of rotatable bonds is 6. The van der Waals surface area contributed by atoms with Gasteiger partial charge in [0.15, 0.2) is 0 Å². The van der Waals surface area contributed by atoms with Gasteiger partial charge in [-0.05, 0) is 25.5 Å². The van der Waals surface area contributed by atoms with Gasteiger partial charge in [-0.1, -0.05) is 6.07 Å². The number of nitrogens with zero attached hydrogens (tertiary/aromatic N) is 1. The summed E-state index contributed by atoms with van der Waals surface area (Å²) in [5.74, 6) is -1.61. The Morgan fingerprint density at radius 2 is 1.95 bits per heavy atom. The molecule has 0 unspecified atom stereocenters. The summed E-state index contributed by atoms with van der Waals surface area (Å²) in [5, 5.41) is 13.8. The van der Waals surface area contributed by atoms with Crippen LogP contribution in [0.5, 0.6) is 0 Å². The van der Waals surface area contributed by atoms with Crippen LogP contribution in [-0.2, 0) is 11.3 Å². The second kappa shape index (κ2) is 6.69. The number of pyridine rings is 1. The molecule has 1 rings (SSSR count). The van der Waals surface area contributed by atoms with Gasteiger partial charge in [0.05, 0.1) is 5.41 Å². The standard InChI is InChI=1S/C13H18N4O4/c1-13(2,11(14)20)7-17-12(21)16-6-8-3-4-9(10(18)19)15-5-8/h3-5H,6-7H2,1-2H3,(H2,14,20)(H,18,19)(H2,16,17,21). The Balaban J connectivity index is 2.43. The molecule has 1 aromatic rings. The lowest BCUT2D eigenvalue weighted by Crippen LogP contribution is -2.45. The van der Waals surface area contributed by atoms with Crippen molar-refractivity contribution in [3.8, 4) is 0 Å². The smallest absolute Gasteiger partial charge is 0.354 e. The van der Waals surface area contributed by atoms with Crippen LogP contribution < -0.4 is 16.4 Å². The first-order valence-electron chi connectivity index (χ1n) is 6.22. The van der Waals surface area contributed by atoms with E-state index in [-0.39, 0.29) is 18.8 Å². The predicted octanol–water partition coefficient (Wildman–Crippen LogP) is 0.0905. The molecule has 0 radical (unpaired) electrons. The molecular weight excluding hydrogens is 276 g/mol. The summed E-state index contributed by atoms with van der Waals surface area (Å²) in [6, 6.07) is 2.46. The van der Waals surface area contributed by atoms with Gasteiger partial charge in [0, 0.05) is 19.3 Å². The maximum absolute atomic E-state index is 11.6. The van der Waals surface area contributed by atoms with Crippen molar-refractivity contribution in [2.75, 3.05) is 6.54 Å². The lowest BCUT2D eigenvalue weighted by atomic mass is 9.93. The van der Waals surface area contributed by atoms with Crippen LogP contribution in [0.2, 0.25) is 0 Å². The van der Waals surface area contributed by atoms with Crippen molar-refractivity contribution in [2.24, 2.45) is 11.1 Å². The molecular formula is C13H18N4O4. The van der Waals surface area contributed by atoms with Gasteiger partial charge in [-0.2, -0.15) is 0 Å². The number of primary amides is 1. The van der Waals surface area contributed by atoms with Gasteiger partial charge < -0.3 is 21.5 Å². The molecule has 0 aromatic carbocycles. The molecule has 3 amide bonds. The summed E-state index contributed by atoms with van der Waals surface area (Å²) in [7, 11) is 0. The number of amides is 3. The van der Waals surface area contributed by atoms with Gasteiger partial charge in [-0.25, -0.2) is 14.6 Å². The number of hydrogen-bond acceptors (Lipinski definition) is 4. The molecule has 5 N–H and O–H groups in total. The van der Waals surface area contributed by atoms with E-state index in [1.165, 1.54) is 12.3 Å². The largest absolute Gasteiger partial charge is 0.477 e. The normalized spacial score (nSPS) is 10.8. The van der Waals surface area contributed by atoms with E-state index in [1.807, 2.05) is 0 Å². The number of hydrogen-bond donors (Lipinski definition) is 4. The Labute approximate surface area is 121 Å². The van der Waals surface area contributed by atoms with Gasteiger partial charge in [-0.3, -0.25) is 4.79 Å². The van der Waals surface area contributed by atoms with Crippen LogP contribution in [0.15, 0.2) is 18.3 Å². The van der Waals surface area contributed by atoms with E-state index in [0.29, 0.717) is 5.56 Å². The van der Waals surface area contributed by atoms with Crippen LogP contribution in [0.1, 0.15) is 29.9 Å². The minimum atomic E-state index is -1.11. The summed E-state index contributed by atoms with van der Waals surface area (Å²) < 4.78 is 0. The zero-order valence-electron chi connectivity index (χ0n) is 11.8. The zero-order chi connectivity index (χ0) is 16.0. The highest BCUT2D eigenvalue weighted by Crippen LogP contribution is 2.11. The van der Waals surface area contributed by atoms with Crippen molar-refractivity contribution in [1.82, 2.24) is 15.6 Å². The molecule has 0 aliphatic carbocycles. The minimum Gasteiger partial charge on any atom is -0.477 e. The summed E-state index contributed by atoms with van der Waals surface area (Å²) in [4.78, 5) is 37.0. The van der Waals surface area contributed by atoms with Crippen LogP contribution in [-0.4, -0.2) is 34.5 Å². The Bertz CT molecular complexity index is 540.